The molecule has 0 radical (unpaired) electrons. The van der Waals surface area contributed by atoms with Crippen LogP contribution in [0.4, 0.5) is 5.69 Å². The van der Waals surface area contributed by atoms with Gasteiger partial charge in [-0.15, -0.1) is 11.8 Å². The topological polar surface area (TPSA) is 69.4 Å². The van der Waals surface area contributed by atoms with Crippen LogP contribution in [0.1, 0.15) is 15.9 Å². The molecule has 108 valence electrons. The van der Waals surface area contributed by atoms with Gasteiger partial charge in [0.05, 0.1) is 12.0 Å². The summed E-state index contributed by atoms with van der Waals surface area (Å²) in [6, 6.07) is 11.7. The molecule has 0 heterocycles. The number of nitro benzene ring substituents is 1. The van der Waals surface area contributed by atoms with E-state index in [9.17, 15) is 14.9 Å². The number of nitrogens with zero attached hydrogens (tertiary/aromatic N) is 1. The van der Waals surface area contributed by atoms with E-state index in [2.05, 4.69) is 0 Å². The largest absolute Gasteiger partial charge is 0.496 e. The van der Waals surface area contributed by atoms with Crippen LogP contribution in [-0.4, -0.2) is 18.3 Å². The van der Waals surface area contributed by atoms with Gasteiger partial charge in [-0.1, -0.05) is 12.1 Å². The molecule has 0 aliphatic carbocycles. The number of aldehydes is 1. The van der Waals surface area contributed by atoms with E-state index >= 15 is 0 Å². The Labute approximate surface area is 126 Å². The molecule has 6 heteroatoms. The zero-order chi connectivity index (χ0) is 15.2. The molecule has 0 N–H and O–H groups in total. The number of benzene rings is 2. The highest BCUT2D eigenvalue weighted by Gasteiger charge is 2.11. The van der Waals surface area contributed by atoms with Crippen LogP contribution in [0.3, 0.4) is 0 Å². The lowest BCUT2D eigenvalue weighted by molar-refractivity contribution is -0.384. The van der Waals surface area contributed by atoms with E-state index in [0.29, 0.717) is 17.1 Å². The molecule has 0 fully saturated rings. The molecule has 0 saturated carbocycles. The maximum Gasteiger partial charge on any atom is 0.270 e. The third-order valence-corrected chi connectivity index (χ3v) is 3.91. The summed E-state index contributed by atoms with van der Waals surface area (Å²) in [7, 11) is 1.53. The highest BCUT2D eigenvalue weighted by molar-refractivity contribution is 7.98. The third-order valence-electron chi connectivity index (χ3n) is 2.86. The number of carbonyl (C=O) groups is 1. The molecule has 0 spiro atoms. The van der Waals surface area contributed by atoms with Gasteiger partial charge in [-0.25, -0.2) is 0 Å². The Morgan fingerprint density at radius 3 is 2.76 bits per heavy atom. The number of non-ortho nitro benzene ring substituents is 1. The predicted molar refractivity (Wildman–Crippen MR) is 81.0 cm³/mol. The van der Waals surface area contributed by atoms with Gasteiger partial charge >= 0.3 is 0 Å². The summed E-state index contributed by atoms with van der Waals surface area (Å²) < 4.78 is 5.22. The number of carbonyl (C=O) groups excluding carboxylic acids is 1. The SMILES string of the molecule is COc1ccc([N+](=O)[O-])cc1CSc1cccc(C=O)c1. The van der Waals surface area contributed by atoms with Crippen LogP contribution in [0.15, 0.2) is 47.4 Å². The number of hydrogen-bond donors (Lipinski definition) is 0. The molecule has 2 aromatic rings. The van der Waals surface area contributed by atoms with Gasteiger partial charge < -0.3 is 4.74 Å². The van der Waals surface area contributed by atoms with Crippen LogP contribution >= 0.6 is 11.8 Å². The standard InChI is InChI=1S/C15H13NO4S/c1-20-15-6-5-13(16(18)19)8-12(15)10-21-14-4-2-3-11(7-14)9-17/h2-9H,10H2,1H3. The monoisotopic (exact) mass is 303 g/mol. The summed E-state index contributed by atoms with van der Waals surface area (Å²) in [4.78, 5) is 22.1. The first-order valence-electron chi connectivity index (χ1n) is 6.13. The van der Waals surface area contributed by atoms with Gasteiger partial charge in [-0.2, -0.15) is 0 Å². The second-order valence-electron chi connectivity index (χ2n) is 4.23. The first-order chi connectivity index (χ1) is 10.1. The van der Waals surface area contributed by atoms with E-state index in [1.165, 1.54) is 31.0 Å². The number of thioether (sulfide) groups is 1. The van der Waals surface area contributed by atoms with Crippen molar-refractivity contribution in [1.82, 2.24) is 0 Å². The number of nitro groups is 1. The predicted octanol–water partition coefficient (Wildman–Crippen LogP) is 3.71. The van der Waals surface area contributed by atoms with Crippen molar-refractivity contribution in [2.75, 3.05) is 7.11 Å². The minimum Gasteiger partial charge on any atom is -0.496 e. The Morgan fingerprint density at radius 2 is 2.10 bits per heavy atom. The second kappa shape index (κ2) is 6.90. The molecule has 0 aromatic heterocycles. The van der Waals surface area contributed by atoms with Gasteiger partial charge in [-0.05, 0) is 18.2 Å². The Balaban J connectivity index is 2.19. The molecule has 0 unspecified atom stereocenters. The molecular weight excluding hydrogens is 290 g/mol. The first kappa shape index (κ1) is 15.1. The second-order valence-corrected chi connectivity index (χ2v) is 5.28. The number of methoxy groups -OCH3 is 1. The van der Waals surface area contributed by atoms with Crippen molar-refractivity contribution in [3.8, 4) is 5.75 Å². The molecule has 0 aliphatic heterocycles. The highest BCUT2D eigenvalue weighted by atomic mass is 32.2. The Kier molecular flexibility index (Phi) is 4.94. The zero-order valence-corrected chi connectivity index (χ0v) is 12.1. The molecule has 2 rings (SSSR count). The third kappa shape index (κ3) is 3.82. The Hall–Kier alpha value is -2.34. The molecule has 5 nitrogen and oxygen atoms in total. The van der Waals surface area contributed by atoms with Crippen LogP contribution in [0.25, 0.3) is 0 Å². The fraction of sp³-hybridized carbons (Fsp3) is 0.133. The smallest absolute Gasteiger partial charge is 0.270 e. The maximum atomic E-state index is 10.8. The molecule has 0 atom stereocenters. The van der Waals surface area contributed by atoms with Crippen molar-refractivity contribution in [3.63, 3.8) is 0 Å². The molecule has 21 heavy (non-hydrogen) atoms. The van der Waals surface area contributed by atoms with Crippen molar-refractivity contribution in [1.29, 1.82) is 0 Å². The molecule has 0 bridgehead atoms. The average molecular weight is 303 g/mol. The van der Waals surface area contributed by atoms with Crippen molar-refractivity contribution in [2.45, 2.75) is 10.6 Å². The average Bonchev–Trinajstić information content (AvgIpc) is 2.52. The number of hydrogen-bond acceptors (Lipinski definition) is 5. The lowest BCUT2D eigenvalue weighted by Gasteiger charge is -2.08. The Bertz CT molecular complexity index is 672. The quantitative estimate of drug-likeness (QED) is 0.352. The first-order valence-corrected chi connectivity index (χ1v) is 7.12. The van der Waals surface area contributed by atoms with Gasteiger partial charge in [0.15, 0.2) is 0 Å². The van der Waals surface area contributed by atoms with E-state index < -0.39 is 4.92 Å². The summed E-state index contributed by atoms with van der Waals surface area (Å²) in [6.45, 7) is 0. The van der Waals surface area contributed by atoms with E-state index in [-0.39, 0.29) is 5.69 Å². The molecule has 0 saturated heterocycles. The fourth-order valence-electron chi connectivity index (χ4n) is 1.83. The van der Waals surface area contributed by atoms with Crippen molar-refractivity contribution in [3.05, 3.63) is 63.7 Å². The number of rotatable bonds is 6. The summed E-state index contributed by atoms with van der Waals surface area (Å²) >= 11 is 1.49. The molecular formula is C15H13NO4S. The van der Waals surface area contributed by atoms with E-state index in [4.69, 9.17) is 4.74 Å². The summed E-state index contributed by atoms with van der Waals surface area (Å²) in [5, 5.41) is 10.8. The van der Waals surface area contributed by atoms with Crippen LogP contribution in [0.5, 0.6) is 5.75 Å². The van der Waals surface area contributed by atoms with Crippen molar-refractivity contribution in [2.24, 2.45) is 0 Å². The minimum absolute atomic E-state index is 0.0352. The minimum atomic E-state index is -0.430. The van der Waals surface area contributed by atoms with E-state index in [0.717, 1.165) is 16.7 Å². The van der Waals surface area contributed by atoms with Gasteiger partial charge in [0.2, 0.25) is 0 Å². The highest BCUT2D eigenvalue weighted by Crippen LogP contribution is 2.30. The van der Waals surface area contributed by atoms with E-state index in [1.54, 1.807) is 24.3 Å². The van der Waals surface area contributed by atoms with Crippen LogP contribution in [0, 0.1) is 10.1 Å². The summed E-state index contributed by atoms with van der Waals surface area (Å²) in [5.74, 6) is 1.13. The maximum absolute atomic E-state index is 10.8. The van der Waals surface area contributed by atoms with Crippen LogP contribution in [0.2, 0.25) is 0 Å². The van der Waals surface area contributed by atoms with Crippen LogP contribution in [-0.2, 0) is 5.75 Å². The molecule has 2 aromatic carbocycles. The van der Waals surface area contributed by atoms with Crippen molar-refractivity contribution >= 4 is 23.7 Å². The summed E-state index contributed by atoms with van der Waals surface area (Å²) in [5.41, 5.74) is 1.38. The zero-order valence-electron chi connectivity index (χ0n) is 11.3. The van der Waals surface area contributed by atoms with E-state index in [1.807, 2.05) is 6.07 Å². The van der Waals surface area contributed by atoms with Gasteiger partial charge in [-0.3, -0.25) is 14.9 Å². The van der Waals surface area contributed by atoms with Crippen molar-refractivity contribution < 1.29 is 14.5 Å². The van der Waals surface area contributed by atoms with Gasteiger partial charge in [0.25, 0.3) is 5.69 Å². The fourth-order valence-corrected chi connectivity index (χ4v) is 2.77. The molecule has 0 aliphatic rings. The van der Waals surface area contributed by atoms with Gasteiger partial charge in [0, 0.05) is 33.9 Å². The van der Waals surface area contributed by atoms with Gasteiger partial charge in [0.1, 0.15) is 12.0 Å². The number of ether oxygens (including phenoxy) is 1. The summed E-state index contributed by atoms with van der Waals surface area (Å²) in [6.07, 6.45) is 0.790. The lowest BCUT2D eigenvalue weighted by Crippen LogP contribution is -1.94. The van der Waals surface area contributed by atoms with Crippen LogP contribution < -0.4 is 4.74 Å². The Morgan fingerprint density at radius 1 is 1.29 bits per heavy atom. The molecule has 0 amide bonds. The normalized spacial score (nSPS) is 10.1. The lowest BCUT2D eigenvalue weighted by atomic mass is 10.2.